The maximum atomic E-state index is 15.1. The third kappa shape index (κ3) is 4.57. The van der Waals surface area contributed by atoms with Gasteiger partial charge in [-0.05, 0) is 39.0 Å². The molecule has 0 amide bonds. The number of aromatic amines is 1. The van der Waals surface area contributed by atoms with E-state index in [4.69, 9.17) is 14.2 Å². The molecule has 2 aromatic rings. The Labute approximate surface area is 159 Å². The third-order valence-electron chi connectivity index (χ3n) is 3.55. The number of aromatic nitrogens is 1. The largest absolute Gasteiger partial charge is 0.477 e. The van der Waals surface area contributed by atoms with Gasteiger partial charge in [-0.1, -0.05) is 6.07 Å². The molecule has 154 valence electrons. The van der Waals surface area contributed by atoms with E-state index in [-0.39, 0.29) is 17.7 Å². The van der Waals surface area contributed by atoms with Crippen molar-refractivity contribution in [3.8, 4) is 0 Å². The molecular formula is C17H20F2NO7P. The molecule has 2 N–H and O–H groups in total. The molecule has 2 rings (SSSR count). The molecule has 1 unspecified atom stereocenters. The number of esters is 1. The van der Waals surface area contributed by atoms with Crippen LogP contribution in [0, 0.1) is 0 Å². The Bertz CT molecular complexity index is 925. The maximum absolute atomic E-state index is 15.1. The van der Waals surface area contributed by atoms with Crippen molar-refractivity contribution < 1.29 is 41.8 Å². The van der Waals surface area contributed by atoms with Gasteiger partial charge in [-0.25, -0.2) is 9.59 Å². The van der Waals surface area contributed by atoms with Gasteiger partial charge < -0.3 is 19.4 Å². The lowest BCUT2D eigenvalue weighted by Crippen LogP contribution is -2.23. The SMILES string of the molecule is CCOC(=O)COP(=O)(OC(C)C)C(F)(F)c1ccc2[nH]c(C(=O)O)cc2c1. The predicted octanol–water partition coefficient (Wildman–Crippen LogP) is 4.11. The van der Waals surface area contributed by atoms with E-state index in [0.29, 0.717) is 5.52 Å². The van der Waals surface area contributed by atoms with Gasteiger partial charge in [0.05, 0.1) is 12.7 Å². The number of hydrogen-bond donors (Lipinski definition) is 2. The van der Waals surface area contributed by atoms with Crippen molar-refractivity contribution in [1.29, 1.82) is 0 Å². The normalized spacial score (nSPS) is 14.2. The Morgan fingerprint density at radius 3 is 2.54 bits per heavy atom. The lowest BCUT2D eigenvalue weighted by Gasteiger charge is -2.28. The van der Waals surface area contributed by atoms with E-state index >= 15 is 8.78 Å². The summed E-state index contributed by atoms with van der Waals surface area (Å²) in [5, 5.41) is 9.18. The molecule has 1 aromatic carbocycles. The zero-order valence-corrected chi connectivity index (χ0v) is 16.3. The maximum Gasteiger partial charge on any atom is 0.405 e. The summed E-state index contributed by atoms with van der Waals surface area (Å²) < 4.78 is 57.4. The smallest absolute Gasteiger partial charge is 0.405 e. The number of carboxylic acids is 1. The molecule has 0 saturated heterocycles. The number of rotatable bonds is 9. The lowest BCUT2D eigenvalue weighted by atomic mass is 10.1. The Morgan fingerprint density at radius 2 is 1.96 bits per heavy atom. The highest BCUT2D eigenvalue weighted by molar-refractivity contribution is 7.54. The van der Waals surface area contributed by atoms with Gasteiger partial charge in [0.1, 0.15) is 5.69 Å². The molecule has 8 nitrogen and oxygen atoms in total. The standard InChI is InChI=1S/C17H20F2NO7P/c1-4-25-15(21)9-26-28(24,27-10(2)3)17(18,19)12-5-6-13-11(7-12)8-14(20-13)16(22)23/h5-8,10,20H,4,9H2,1-3H3,(H,22,23). The molecule has 0 bridgehead atoms. The number of benzene rings is 1. The Kier molecular flexibility index (Phi) is 6.59. The predicted molar refractivity (Wildman–Crippen MR) is 95.6 cm³/mol. The number of aromatic carboxylic acids is 1. The zero-order valence-electron chi connectivity index (χ0n) is 15.4. The minimum absolute atomic E-state index is 0.00396. The zero-order chi connectivity index (χ0) is 21.1. The third-order valence-corrected chi connectivity index (χ3v) is 5.66. The van der Waals surface area contributed by atoms with Gasteiger partial charge in [-0.15, -0.1) is 0 Å². The van der Waals surface area contributed by atoms with E-state index in [1.54, 1.807) is 0 Å². The summed E-state index contributed by atoms with van der Waals surface area (Å²) >= 11 is 0. The van der Waals surface area contributed by atoms with Gasteiger partial charge in [0.15, 0.2) is 6.61 Å². The van der Waals surface area contributed by atoms with E-state index in [2.05, 4.69) is 9.72 Å². The summed E-state index contributed by atoms with van der Waals surface area (Å²) in [5.74, 6) is -2.21. The van der Waals surface area contributed by atoms with Crippen LogP contribution in [0.3, 0.4) is 0 Å². The quantitative estimate of drug-likeness (QED) is 0.464. The van der Waals surface area contributed by atoms with Crippen LogP contribution in [-0.4, -0.2) is 41.3 Å². The van der Waals surface area contributed by atoms with E-state index in [1.165, 1.54) is 32.9 Å². The van der Waals surface area contributed by atoms with Crippen molar-refractivity contribution in [2.45, 2.75) is 32.5 Å². The number of ether oxygens (including phenoxy) is 1. The number of carbonyl (C=O) groups is 2. The summed E-state index contributed by atoms with van der Waals surface area (Å²) in [6.45, 7) is 3.34. The lowest BCUT2D eigenvalue weighted by molar-refractivity contribution is -0.146. The average Bonchev–Trinajstić information content (AvgIpc) is 3.03. The molecule has 0 aliphatic rings. The topological polar surface area (TPSA) is 115 Å². The number of halogens is 2. The van der Waals surface area contributed by atoms with E-state index in [0.717, 1.165) is 12.1 Å². The molecule has 0 spiro atoms. The van der Waals surface area contributed by atoms with Crippen LogP contribution in [0.25, 0.3) is 10.9 Å². The highest BCUT2D eigenvalue weighted by Crippen LogP contribution is 2.67. The summed E-state index contributed by atoms with van der Waals surface area (Å²) in [6, 6.07) is 4.37. The first-order valence-corrected chi connectivity index (χ1v) is 9.87. The van der Waals surface area contributed by atoms with Crippen molar-refractivity contribution in [2.75, 3.05) is 13.2 Å². The van der Waals surface area contributed by atoms with Crippen LogP contribution in [0.1, 0.15) is 36.8 Å². The van der Waals surface area contributed by atoms with Crippen LogP contribution in [0.15, 0.2) is 24.3 Å². The molecule has 0 fully saturated rings. The van der Waals surface area contributed by atoms with Crippen LogP contribution >= 0.6 is 7.60 Å². The number of nitrogens with one attached hydrogen (secondary N) is 1. The molecule has 1 atom stereocenters. The molecule has 0 saturated carbocycles. The summed E-state index contributed by atoms with van der Waals surface area (Å²) in [7, 11) is -5.13. The first kappa shape index (κ1) is 22.0. The fourth-order valence-corrected chi connectivity index (χ4v) is 4.03. The summed E-state index contributed by atoms with van der Waals surface area (Å²) in [6.07, 6.45) is -0.881. The number of H-pyrrole nitrogens is 1. The van der Waals surface area contributed by atoms with Crippen LogP contribution in [0.2, 0.25) is 0 Å². The first-order chi connectivity index (χ1) is 13.0. The average molecular weight is 419 g/mol. The fourth-order valence-electron chi connectivity index (χ4n) is 2.39. The molecular weight excluding hydrogens is 399 g/mol. The van der Waals surface area contributed by atoms with Gasteiger partial charge in [0, 0.05) is 16.5 Å². The monoisotopic (exact) mass is 419 g/mol. The van der Waals surface area contributed by atoms with E-state index in [9.17, 15) is 14.2 Å². The van der Waals surface area contributed by atoms with Crippen LogP contribution in [0.4, 0.5) is 8.78 Å². The second-order valence-electron chi connectivity index (χ2n) is 6.06. The van der Waals surface area contributed by atoms with Crippen molar-refractivity contribution in [2.24, 2.45) is 0 Å². The van der Waals surface area contributed by atoms with Crippen LogP contribution in [-0.2, 0) is 28.8 Å². The number of alkyl halides is 2. The minimum Gasteiger partial charge on any atom is -0.477 e. The van der Waals surface area contributed by atoms with Gasteiger partial charge in [0.2, 0.25) is 0 Å². The van der Waals surface area contributed by atoms with Gasteiger partial charge in [-0.3, -0.25) is 9.09 Å². The van der Waals surface area contributed by atoms with Crippen LogP contribution in [0.5, 0.6) is 0 Å². The highest BCUT2D eigenvalue weighted by Gasteiger charge is 2.56. The molecule has 11 heteroatoms. The Hall–Kier alpha value is -2.29. The molecule has 1 aromatic heterocycles. The highest BCUT2D eigenvalue weighted by atomic mass is 31.2. The molecule has 0 aliphatic carbocycles. The fraction of sp³-hybridized carbons (Fsp3) is 0.412. The minimum atomic E-state index is -5.13. The second kappa shape index (κ2) is 8.38. The van der Waals surface area contributed by atoms with Gasteiger partial charge in [0.25, 0.3) is 0 Å². The van der Waals surface area contributed by atoms with E-state index in [1.807, 2.05) is 0 Å². The van der Waals surface area contributed by atoms with Crippen molar-refractivity contribution in [1.82, 2.24) is 4.98 Å². The summed E-state index contributed by atoms with van der Waals surface area (Å²) in [4.78, 5) is 25.0. The summed E-state index contributed by atoms with van der Waals surface area (Å²) in [5.41, 5.74) is -4.68. The second-order valence-corrected chi connectivity index (χ2v) is 8.09. The molecule has 28 heavy (non-hydrogen) atoms. The number of carboxylic acid groups (broad SMARTS) is 1. The van der Waals surface area contributed by atoms with Crippen LogP contribution < -0.4 is 0 Å². The molecule has 0 radical (unpaired) electrons. The molecule has 0 aliphatic heterocycles. The van der Waals surface area contributed by atoms with Crippen molar-refractivity contribution >= 4 is 30.4 Å². The Balaban J connectivity index is 2.42. The first-order valence-electron chi connectivity index (χ1n) is 8.33. The van der Waals surface area contributed by atoms with Gasteiger partial charge >= 0.3 is 25.2 Å². The number of hydrogen-bond acceptors (Lipinski definition) is 6. The van der Waals surface area contributed by atoms with Crippen molar-refractivity contribution in [3.63, 3.8) is 0 Å². The van der Waals surface area contributed by atoms with Crippen molar-refractivity contribution in [3.05, 3.63) is 35.5 Å². The number of fused-ring (bicyclic) bond motifs is 1. The Morgan fingerprint density at radius 1 is 1.29 bits per heavy atom. The van der Waals surface area contributed by atoms with Gasteiger partial charge in [-0.2, -0.15) is 8.78 Å². The number of carbonyl (C=O) groups excluding carboxylic acids is 1. The van der Waals surface area contributed by atoms with E-state index < -0.39 is 43.5 Å². The molecule has 1 heterocycles.